The molecule has 0 fully saturated rings. The van der Waals surface area contributed by atoms with Crippen molar-refractivity contribution in [2.24, 2.45) is 0 Å². The maximum absolute atomic E-state index is 12.6. The van der Waals surface area contributed by atoms with Crippen LogP contribution in [0.1, 0.15) is 12.0 Å². The van der Waals surface area contributed by atoms with E-state index in [1.54, 1.807) is 0 Å². The summed E-state index contributed by atoms with van der Waals surface area (Å²) in [4.78, 5) is 0. The molecule has 0 amide bonds. The number of halogens is 4. The van der Waals surface area contributed by atoms with Crippen LogP contribution in [-0.2, 0) is 6.18 Å². The minimum Gasteiger partial charge on any atom is -0.385 e. The molecule has 0 aliphatic carbocycles. The third-order valence-corrected chi connectivity index (χ3v) is 3.37. The van der Waals surface area contributed by atoms with Gasteiger partial charge in [-0.1, -0.05) is 29.8 Å². The minimum absolute atomic E-state index is 0.292. The van der Waals surface area contributed by atoms with Gasteiger partial charge in [-0.3, -0.25) is 0 Å². The quantitative estimate of drug-likeness (QED) is 0.706. The zero-order chi connectivity index (χ0) is 16.0. The molecule has 0 radical (unpaired) electrons. The number of hydrogen-bond donors (Lipinski definition) is 2. The van der Waals surface area contributed by atoms with Gasteiger partial charge in [-0.05, 0) is 36.8 Å². The fraction of sp³-hybridized carbons (Fsp3) is 0.250. The molecule has 118 valence electrons. The monoisotopic (exact) mass is 328 g/mol. The Morgan fingerprint density at radius 1 is 0.864 bits per heavy atom. The molecule has 0 aliphatic heterocycles. The van der Waals surface area contributed by atoms with Crippen molar-refractivity contribution in [3.8, 4) is 0 Å². The van der Waals surface area contributed by atoms with Crippen molar-refractivity contribution in [3.63, 3.8) is 0 Å². The van der Waals surface area contributed by atoms with Crippen molar-refractivity contribution < 1.29 is 13.2 Å². The number of benzene rings is 2. The first-order chi connectivity index (χ1) is 10.5. The van der Waals surface area contributed by atoms with E-state index in [-0.39, 0.29) is 5.02 Å². The lowest BCUT2D eigenvalue weighted by molar-refractivity contribution is -0.137. The second-order valence-electron chi connectivity index (χ2n) is 4.77. The number of hydrogen-bond acceptors (Lipinski definition) is 2. The Morgan fingerprint density at radius 3 is 2.09 bits per heavy atom. The summed E-state index contributed by atoms with van der Waals surface area (Å²) >= 11 is 5.66. The van der Waals surface area contributed by atoms with Gasteiger partial charge in [0, 0.05) is 24.5 Å². The first kappa shape index (κ1) is 16.5. The molecule has 0 saturated heterocycles. The number of anilines is 2. The Hall–Kier alpha value is -1.88. The molecule has 0 saturated carbocycles. The molecule has 2 N–H and O–H groups in total. The van der Waals surface area contributed by atoms with E-state index in [4.69, 9.17) is 11.6 Å². The maximum Gasteiger partial charge on any atom is 0.417 e. The lowest BCUT2D eigenvalue weighted by atomic mass is 10.2. The van der Waals surface area contributed by atoms with Crippen LogP contribution in [0.2, 0.25) is 5.02 Å². The minimum atomic E-state index is -4.42. The third-order valence-electron chi connectivity index (χ3n) is 3.06. The summed E-state index contributed by atoms with van der Waals surface area (Å²) in [7, 11) is 0. The highest BCUT2D eigenvalue weighted by molar-refractivity contribution is 6.31. The normalized spacial score (nSPS) is 11.3. The van der Waals surface area contributed by atoms with Crippen molar-refractivity contribution in [1.29, 1.82) is 0 Å². The number of para-hydroxylation sites is 1. The van der Waals surface area contributed by atoms with Crippen LogP contribution in [0.4, 0.5) is 24.5 Å². The lowest BCUT2D eigenvalue weighted by Crippen LogP contribution is -2.10. The van der Waals surface area contributed by atoms with Crippen LogP contribution in [0.25, 0.3) is 0 Å². The molecule has 0 heterocycles. The number of nitrogens with one attached hydrogen (secondary N) is 2. The summed E-state index contributed by atoms with van der Waals surface area (Å²) in [5.74, 6) is 0. The molecule has 0 bridgehead atoms. The van der Waals surface area contributed by atoms with Gasteiger partial charge in [0.15, 0.2) is 0 Å². The zero-order valence-electron chi connectivity index (χ0n) is 11.8. The summed E-state index contributed by atoms with van der Waals surface area (Å²) in [6.45, 7) is 1.41. The standard InChI is InChI=1S/C16H16ClF3N2/c17-15-11-13(7-8-14(15)16(18,19)20)22-10-4-9-21-12-5-2-1-3-6-12/h1-3,5-8,11,21-22H,4,9-10H2. The van der Waals surface area contributed by atoms with Crippen LogP contribution in [0.5, 0.6) is 0 Å². The summed E-state index contributed by atoms with van der Waals surface area (Å²) in [5, 5.41) is 6.02. The van der Waals surface area contributed by atoms with Gasteiger partial charge in [0.25, 0.3) is 0 Å². The smallest absolute Gasteiger partial charge is 0.385 e. The topological polar surface area (TPSA) is 24.1 Å². The molecule has 22 heavy (non-hydrogen) atoms. The van der Waals surface area contributed by atoms with Crippen molar-refractivity contribution in [2.75, 3.05) is 23.7 Å². The van der Waals surface area contributed by atoms with Gasteiger partial charge in [0.2, 0.25) is 0 Å². The van der Waals surface area contributed by atoms with E-state index in [9.17, 15) is 13.2 Å². The van der Waals surface area contributed by atoms with Gasteiger partial charge >= 0.3 is 6.18 Å². The highest BCUT2D eigenvalue weighted by Crippen LogP contribution is 2.35. The highest BCUT2D eigenvalue weighted by Gasteiger charge is 2.32. The molecule has 2 rings (SSSR count). The van der Waals surface area contributed by atoms with E-state index in [0.29, 0.717) is 12.2 Å². The van der Waals surface area contributed by atoms with E-state index >= 15 is 0 Å². The number of alkyl halides is 3. The average molecular weight is 329 g/mol. The van der Waals surface area contributed by atoms with Crippen LogP contribution in [0.15, 0.2) is 48.5 Å². The first-order valence-electron chi connectivity index (χ1n) is 6.86. The van der Waals surface area contributed by atoms with Crippen LogP contribution < -0.4 is 10.6 Å². The van der Waals surface area contributed by atoms with Crippen LogP contribution in [-0.4, -0.2) is 13.1 Å². The Morgan fingerprint density at radius 2 is 1.50 bits per heavy atom. The molecule has 6 heteroatoms. The molecular formula is C16H16ClF3N2. The highest BCUT2D eigenvalue weighted by atomic mass is 35.5. The van der Waals surface area contributed by atoms with Gasteiger partial charge in [0.1, 0.15) is 0 Å². The predicted molar refractivity (Wildman–Crippen MR) is 84.5 cm³/mol. The molecule has 2 aromatic carbocycles. The van der Waals surface area contributed by atoms with E-state index in [0.717, 1.165) is 24.7 Å². The van der Waals surface area contributed by atoms with E-state index in [1.165, 1.54) is 12.1 Å². The van der Waals surface area contributed by atoms with Gasteiger partial charge in [-0.25, -0.2) is 0 Å². The predicted octanol–water partition coefficient (Wildman–Crippen LogP) is 5.27. The number of rotatable bonds is 6. The second kappa shape index (κ2) is 7.40. The molecule has 0 atom stereocenters. The molecule has 0 spiro atoms. The summed E-state index contributed by atoms with van der Waals surface area (Å²) < 4.78 is 37.7. The third kappa shape index (κ3) is 4.84. The van der Waals surface area contributed by atoms with E-state index < -0.39 is 11.7 Å². The largest absolute Gasteiger partial charge is 0.417 e. The van der Waals surface area contributed by atoms with E-state index in [1.807, 2.05) is 30.3 Å². The summed E-state index contributed by atoms with van der Waals surface area (Å²) in [6.07, 6.45) is -3.59. The second-order valence-corrected chi connectivity index (χ2v) is 5.17. The van der Waals surface area contributed by atoms with Gasteiger partial charge in [-0.2, -0.15) is 13.2 Å². The van der Waals surface area contributed by atoms with Crippen molar-refractivity contribution >= 4 is 23.0 Å². The fourth-order valence-electron chi connectivity index (χ4n) is 1.96. The summed E-state index contributed by atoms with van der Waals surface area (Å²) in [6, 6.07) is 13.5. The first-order valence-corrected chi connectivity index (χ1v) is 7.24. The zero-order valence-corrected chi connectivity index (χ0v) is 12.5. The van der Waals surface area contributed by atoms with Crippen molar-refractivity contribution in [1.82, 2.24) is 0 Å². The molecule has 2 nitrogen and oxygen atoms in total. The van der Waals surface area contributed by atoms with Gasteiger partial charge < -0.3 is 10.6 Å². The lowest BCUT2D eigenvalue weighted by Gasteiger charge is -2.12. The van der Waals surface area contributed by atoms with Gasteiger partial charge in [-0.15, -0.1) is 0 Å². The molecule has 0 aliphatic rings. The van der Waals surface area contributed by atoms with E-state index in [2.05, 4.69) is 10.6 Å². The van der Waals surface area contributed by atoms with Crippen LogP contribution in [0, 0.1) is 0 Å². The maximum atomic E-state index is 12.6. The van der Waals surface area contributed by atoms with Crippen molar-refractivity contribution in [3.05, 3.63) is 59.1 Å². The van der Waals surface area contributed by atoms with Gasteiger partial charge in [0.05, 0.1) is 10.6 Å². The molecule has 0 unspecified atom stereocenters. The van der Waals surface area contributed by atoms with Crippen LogP contribution in [0.3, 0.4) is 0 Å². The van der Waals surface area contributed by atoms with Crippen molar-refractivity contribution in [2.45, 2.75) is 12.6 Å². The Kier molecular flexibility index (Phi) is 5.55. The fourth-order valence-corrected chi connectivity index (χ4v) is 2.25. The molecule has 0 aromatic heterocycles. The Labute approximate surface area is 132 Å². The molecular weight excluding hydrogens is 313 g/mol. The van der Waals surface area contributed by atoms with Crippen LogP contribution >= 0.6 is 11.6 Å². The average Bonchev–Trinajstić information content (AvgIpc) is 2.47. The summed E-state index contributed by atoms with van der Waals surface area (Å²) in [5.41, 5.74) is 0.809. The SMILES string of the molecule is FC(F)(F)c1ccc(NCCCNc2ccccc2)cc1Cl. The Balaban J connectivity index is 1.77. The molecule has 2 aromatic rings. The Bertz CT molecular complexity index is 600.